The Balaban J connectivity index is 2.62. The third-order valence-electron chi connectivity index (χ3n) is 2.92. The third kappa shape index (κ3) is 4.66. The second-order valence-corrected chi connectivity index (χ2v) is 4.29. The summed E-state index contributed by atoms with van der Waals surface area (Å²) in [7, 11) is 0. The minimum Gasteiger partial charge on any atom is -0.330 e. The Hall–Kier alpha value is -1.07. The number of hydrogen-bond acceptors (Lipinski definition) is 2. The molecule has 2 nitrogen and oxygen atoms in total. The summed E-state index contributed by atoms with van der Waals surface area (Å²) in [6.07, 6.45) is -4.22. The summed E-state index contributed by atoms with van der Waals surface area (Å²) in [6.45, 7) is 2.53. The molecule has 0 spiro atoms. The van der Waals surface area contributed by atoms with E-state index in [0.29, 0.717) is 13.1 Å². The van der Waals surface area contributed by atoms with Gasteiger partial charge in [-0.05, 0) is 12.1 Å². The average molecular weight is 260 g/mol. The van der Waals surface area contributed by atoms with Crippen molar-refractivity contribution in [2.24, 2.45) is 11.7 Å². The van der Waals surface area contributed by atoms with E-state index in [9.17, 15) is 13.2 Å². The van der Waals surface area contributed by atoms with Gasteiger partial charge in [0.25, 0.3) is 0 Å². The monoisotopic (exact) mass is 260 g/mol. The van der Waals surface area contributed by atoms with Gasteiger partial charge in [-0.1, -0.05) is 37.3 Å². The lowest BCUT2D eigenvalue weighted by Gasteiger charge is -2.27. The van der Waals surface area contributed by atoms with Crippen molar-refractivity contribution in [2.45, 2.75) is 19.6 Å². The van der Waals surface area contributed by atoms with Crippen LogP contribution in [0.4, 0.5) is 13.2 Å². The van der Waals surface area contributed by atoms with Crippen LogP contribution in [-0.2, 0) is 6.54 Å². The number of hydrogen-bond donors (Lipinski definition) is 1. The largest absolute Gasteiger partial charge is 0.394 e. The molecule has 1 unspecified atom stereocenters. The number of rotatable bonds is 6. The van der Waals surface area contributed by atoms with Gasteiger partial charge in [0.2, 0.25) is 0 Å². The molecule has 0 bridgehead atoms. The lowest BCUT2D eigenvalue weighted by atomic mass is 10.1. The van der Waals surface area contributed by atoms with Crippen LogP contribution in [0.25, 0.3) is 0 Å². The summed E-state index contributed by atoms with van der Waals surface area (Å²) in [5.41, 5.74) is 6.22. The SMILES string of the molecule is CCN(Cc1ccccc1)CC(CN)C(F)(F)F. The molecular weight excluding hydrogens is 241 g/mol. The average Bonchev–Trinajstić information content (AvgIpc) is 2.34. The van der Waals surface area contributed by atoms with E-state index in [1.807, 2.05) is 37.3 Å². The van der Waals surface area contributed by atoms with Gasteiger partial charge in [-0.3, -0.25) is 4.90 Å². The highest BCUT2D eigenvalue weighted by atomic mass is 19.4. The normalized spacial score (nSPS) is 13.9. The first-order valence-corrected chi connectivity index (χ1v) is 6.00. The van der Waals surface area contributed by atoms with Crippen molar-refractivity contribution in [3.63, 3.8) is 0 Å². The lowest BCUT2D eigenvalue weighted by Crippen LogP contribution is -2.40. The molecule has 1 aromatic rings. The van der Waals surface area contributed by atoms with Gasteiger partial charge in [0.1, 0.15) is 0 Å². The molecule has 0 aliphatic carbocycles. The maximum Gasteiger partial charge on any atom is 0.394 e. The van der Waals surface area contributed by atoms with Crippen LogP contribution in [0, 0.1) is 5.92 Å². The summed E-state index contributed by atoms with van der Waals surface area (Å²) in [4.78, 5) is 1.76. The Morgan fingerprint density at radius 2 is 1.83 bits per heavy atom. The number of benzene rings is 1. The topological polar surface area (TPSA) is 29.3 Å². The third-order valence-corrected chi connectivity index (χ3v) is 2.92. The summed E-state index contributed by atoms with van der Waals surface area (Å²) in [6, 6.07) is 9.47. The number of alkyl halides is 3. The molecule has 0 aliphatic rings. The van der Waals surface area contributed by atoms with Crippen LogP contribution in [-0.4, -0.2) is 30.7 Å². The first kappa shape index (κ1) is 15.0. The van der Waals surface area contributed by atoms with E-state index in [2.05, 4.69) is 0 Å². The minimum atomic E-state index is -4.22. The summed E-state index contributed by atoms with van der Waals surface area (Å²) < 4.78 is 37.9. The Kier molecular flexibility index (Phi) is 5.62. The van der Waals surface area contributed by atoms with Crippen molar-refractivity contribution in [3.8, 4) is 0 Å². The highest BCUT2D eigenvalue weighted by molar-refractivity contribution is 5.14. The molecule has 1 atom stereocenters. The van der Waals surface area contributed by atoms with Crippen molar-refractivity contribution >= 4 is 0 Å². The van der Waals surface area contributed by atoms with Crippen LogP contribution < -0.4 is 5.73 Å². The van der Waals surface area contributed by atoms with E-state index >= 15 is 0 Å². The highest BCUT2D eigenvalue weighted by Crippen LogP contribution is 2.26. The molecule has 0 radical (unpaired) electrons. The van der Waals surface area contributed by atoms with Crippen molar-refractivity contribution < 1.29 is 13.2 Å². The smallest absolute Gasteiger partial charge is 0.330 e. The van der Waals surface area contributed by atoms with E-state index in [-0.39, 0.29) is 13.1 Å². The van der Waals surface area contributed by atoms with Crippen molar-refractivity contribution in [1.29, 1.82) is 0 Å². The van der Waals surface area contributed by atoms with Gasteiger partial charge in [0.15, 0.2) is 0 Å². The van der Waals surface area contributed by atoms with Crippen LogP contribution in [0.5, 0.6) is 0 Å². The Morgan fingerprint density at radius 1 is 1.22 bits per heavy atom. The van der Waals surface area contributed by atoms with E-state index < -0.39 is 12.1 Å². The molecule has 0 aromatic heterocycles. The molecular formula is C13H19F3N2. The summed E-state index contributed by atoms with van der Waals surface area (Å²) in [5, 5.41) is 0. The zero-order valence-electron chi connectivity index (χ0n) is 10.5. The molecule has 1 aromatic carbocycles. The zero-order chi connectivity index (χ0) is 13.6. The molecule has 0 saturated carbocycles. The molecule has 0 saturated heterocycles. The fourth-order valence-corrected chi connectivity index (χ4v) is 1.77. The molecule has 102 valence electrons. The Bertz CT molecular complexity index is 338. The van der Waals surface area contributed by atoms with Crippen molar-refractivity contribution in [1.82, 2.24) is 4.90 Å². The second kappa shape index (κ2) is 6.75. The van der Waals surface area contributed by atoms with E-state index in [1.165, 1.54) is 0 Å². The molecule has 2 N–H and O–H groups in total. The fourth-order valence-electron chi connectivity index (χ4n) is 1.77. The van der Waals surface area contributed by atoms with Gasteiger partial charge < -0.3 is 5.73 Å². The molecule has 18 heavy (non-hydrogen) atoms. The van der Waals surface area contributed by atoms with Crippen LogP contribution in [0.1, 0.15) is 12.5 Å². The van der Waals surface area contributed by atoms with E-state index in [4.69, 9.17) is 5.73 Å². The van der Waals surface area contributed by atoms with E-state index in [1.54, 1.807) is 4.90 Å². The summed E-state index contributed by atoms with van der Waals surface area (Å²) >= 11 is 0. The van der Waals surface area contributed by atoms with Crippen LogP contribution in [0.15, 0.2) is 30.3 Å². The first-order valence-electron chi connectivity index (χ1n) is 6.00. The van der Waals surface area contributed by atoms with Gasteiger partial charge in [0.05, 0.1) is 5.92 Å². The van der Waals surface area contributed by atoms with Gasteiger partial charge in [0, 0.05) is 19.6 Å². The standard InChI is InChI=1S/C13H19F3N2/c1-2-18(9-11-6-4-3-5-7-11)10-12(8-17)13(14,15)16/h3-7,12H,2,8-10,17H2,1H3. The molecule has 0 heterocycles. The van der Waals surface area contributed by atoms with Crippen LogP contribution in [0.2, 0.25) is 0 Å². The van der Waals surface area contributed by atoms with Gasteiger partial charge in [-0.15, -0.1) is 0 Å². The first-order chi connectivity index (χ1) is 8.47. The number of nitrogens with zero attached hydrogens (tertiary/aromatic N) is 1. The lowest BCUT2D eigenvalue weighted by molar-refractivity contribution is -0.176. The zero-order valence-corrected chi connectivity index (χ0v) is 10.5. The van der Waals surface area contributed by atoms with Crippen molar-refractivity contribution in [2.75, 3.05) is 19.6 Å². The van der Waals surface area contributed by atoms with E-state index in [0.717, 1.165) is 5.56 Å². The predicted octanol–water partition coefficient (Wildman–Crippen LogP) is 2.65. The quantitative estimate of drug-likeness (QED) is 0.852. The maximum atomic E-state index is 12.6. The molecule has 0 aliphatic heterocycles. The van der Waals surface area contributed by atoms with Gasteiger partial charge in [-0.2, -0.15) is 13.2 Å². The maximum absolute atomic E-state index is 12.6. The molecule has 1 rings (SSSR count). The minimum absolute atomic E-state index is 0.0502. The van der Waals surface area contributed by atoms with Gasteiger partial charge >= 0.3 is 6.18 Å². The second-order valence-electron chi connectivity index (χ2n) is 4.29. The van der Waals surface area contributed by atoms with Gasteiger partial charge in [-0.25, -0.2) is 0 Å². The number of halogens is 3. The molecule has 0 amide bonds. The fraction of sp³-hybridized carbons (Fsp3) is 0.538. The molecule has 0 fully saturated rings. The van der Waals surface area contributed by atoms with Crippen molar-refractivity contribution in [3.05, 3.63) is 35.9 Å². The predicted molar refractivity (Wildman–Crippen MR) is 66.0 cm³/mol. The number of nitrogens with two attached hydrogens (primary N) is 1. The summed E-state index contributed by atoms with van der Waals surface area (Å²) in [5.74, 6) is -1.46. The van der Waals surface area contributed by atoms with Crippen LogP contribution >= 0.6 is 0 Å². The Morgan fingerprint density at radius 3 is 2.28 bits per heavy atom. The Labute approximate surface area is 106 Å². The molecule has 5 heteroatoms. The van der Waals surface area contributed by atoms with Crippen LogP contribution in [0.3, 0.4) is 0 Å². The highest BCUT2D eigenvalue weighted by Gasteiger charge is 2.39.